The first-order valence-corrected chi connectivity index (χ1v) is 7.71. The Morgan fingerprint density at radius 1 is 1.21 bits per heavy atom. The van der Waals surface area contributed by atoms with Gasteiger partial charge in [0.2, 0.25) is 5.91 Å². The number of pyridine rings is 1. The van der Waals surface area contributed by atoms with Gasteiger partial charge >= 0.3 is 0 Å². The van der Waals surface area contributed by atoms with E-state index < -0.39 is 0 Å². The van der Waals surface area contributed by atoms with Crippen LogP contribution in [-0.4, -0.2) is 39.4 Å². The molecule has 0 atom stereocenters. The highest BCUT2D eigenvalue weighted by atomic mass is 35.5. The van der Waals surface area contributed by atoms with Crippen molar-refractivity contribution in [2.45, 2.75) is 13.0 Å². The zero-order chi connectivity index (χ0) is 16.4. The van der Waals surface area contributed by atoms with Crippen molar-refractivity contribution in [2.24, 2.45) is 0 Å². The number of aryl methyl sites for hydroxylation is 1. The highest BCUT2D eigenvalue weighted by molar-refractivity contribution is 6.30. The summed E-state index contributed by atoms with van der Waals surface area (Å²) < 4.78 is 1.99. The van der Waals surface area contributed by atoms with Gasteiger partial charge < -0.3 is 9.47 Å². The molecule has 0 fully saturated rings. The average Bonchev–Trinajstić information content (AvgIpc) is 2.91. The predicted molar refractivity (Wildman–Crippen MR) is 98.5 cm³/mol. The summed E-state index contributed by atoms with van der Waals surface area (Å²) >= 11 is 5.97. The number of hydrogen-bond acceptors (Lipinski definition) is 3. The third-order valence-corrected chi connectivity index (χ3v) is 3.91. The monoisotopic (exact) mass is 364 g/mol. The second-order valence-corrected chi connectivity index (χ2v) is 5.91. The molecule has 0 radical (unpaired) electrons. The number of carbonyl (C=O) groups excluding carboxylic acids is 1. The summed E-state index contributed by atoms with van der Waals surface area (Å²) in [5, 5.41) is 0.678. The predicted octanol–water partition coefficient (Wildman–Crippen LogP) is 3.65. The Kier molecular flexibility index (Phi) is 5.80. The Balaban J connectivity index is 0.00000208. The summed E-state index contributed by atoms with van der Waals surface area (Å²) in [6.45, 7) is 0.530. The lowest BCUT2D eigenvalue weighted by atomic mass is 10.2. The molecule has 0 bridgehead atoms. The minimum Gasteiger partial charge on any atom is -0.349 e. The number of halogens is 2. The lowest BCUT2D eigenvalue weighted by molar-refractivity contribution is -0.128. The van der Waals surface area contributed by atoms with Crippen LogP contribution in [0.1, 0.15) is 6.42 Å². The number of nitrogens with zero attached hydrogens (tertiary/aromatic N) is 4. The van der Waals surface area contributed by atoms with Crippen LogP contribution in [0.5, 0.6) is 0 Å². The minimum atomic E-state index is 0. The van der Waals surface area contributed by atoms with Crippen LogP contribution in [0.2, 0.25) is 5.02 Å². The largest absolute Gasteiger partial charge is 0.349 e. The first-order valence-electron chi connectivity index (χ1n) is 7.33. The molecule has 3 aromatic rings. The van der Waals surface area contributed by atoms with Crippen molar-refractivity contribution in [1.29, 1.82) is 0 Å². The summed E-state index contributed by atoms with van der Waals surface area (Å²) in [4.78, 5) is 22.6. The fraction of sp³-hybridized carbons (Fsp3) is 0.235. The second kappa shape index (κ2) is 7.64. The lowest BCUT2D eigenvalue weighted by Crippen LogP contribution is -2.23. The Morgan fingerprint density at radius 2 is 1.92 bits per heavy atom. The Bertz CT molecular complexity index is 843. The molecule has 3 rings (SSSR count). The molecule has 2 heterocycles. The zero-order valence-electron chi connectivity index (χ0n) is 13.4. The van der Waals surface area contributed by atoms with Crippen LogP contribution >= 0.6 is 24.0 Å². The summed E-state index contributed by atoms with van der Waals surface area (Å²) in [5.41, 5.74) is 2.54. The fourth-order valence-electron chi connectivity index (χ4n) is 2.42. The SMILES string of the molecule is CN(C)C(=O)CCn1c(-c2ccc(Cl)cc2)nc2cccnc21.Cl. The Hall–Kier alpha value is -2.11. The van der Waals surface area contributed by atoms with Gasteiger partial charge in [0.1, 0.15) is 11.3 Å². The van der Waals surface area contributed by atoms with Crippen molar-refractivity contribution in [3.63, 3.8) is 0 Å². The van der Waals surface area contributed by atoms with E-state index in [1.54, 1.807) is 25.2 Å². The van der Waals surface area contributed by atoms with Crippen LogP contribution in [0, 0.1) is 0 Å². The number of hydrogen-bond donors (Lipinski definition) is 0. The molecule has 24 heavy (non-hydrogen) atoms. The van der Waals surface area contributed by atoms with Crippen LogP contribution in [0.4, 0.5) is 0 Å². The molecule has 0 unspecified atom stereocenters. The molecule has 0 spiro atoms. The minimum absolute atomic E-state index is 0. The van der Waals surface area contributed by atoms with Gasteiger partial charge in [-0.25, -0.2) is 9.97 Å². The van der Waals surface area contributed by atoms with Crippen LogP contribution in [-0.2, 0) is 11.3 Å². The molecule has 0 aliphatic heterocycles. The van der Waals surface area contributed by atoms with Crippen LogP contribution < -0.4 is 0 Å². The molecule has 5 nitrogen and oxygen atoms in total. The number of carbonyl (C=O) groups is 1. The van der Waals surface area contributed by atoms with Crippen molar-refractivity contribution >= 4 is 41.1 Å². The first kappa shape index (κ1) is 18.2. The van der Waals surface area contributed by atoms with Crippen molar-refractivity contribution in [1.82, 2.24) is 19.4 Å². The molecule has 126 valence electrons. The zero-order valence-corrected chi connectivity index (χ0v) is 15.0. The maximum Gasteiger partial charge on any atom is 0.223 e. The summed E-state index contributed by atoms with van der Waals surface area (Å²) in [5.74, 6) is 0.867. The van der Waals surface area contributed by atoms with E-state index in [4.69, 9.17) is 11.6 Å². The standard InChI is InChI=1S/C17H17ClN4O.ClH/c1-21(2)15(23)9-11-22-16(12-5-7-13(18)8-6-12)20-14-4-3-10-19-17(14)22;/h3-8,10H,9,11H2,1-2H3;1H. The van der Waals surface area contributed by atoms with E-state index in [1.807, 2.05) is 41.0 Å². The molecule has 0 saturated carbocycles. The highest BCUT2D eigenvalue weighted by Gasteiger charge is 2.15. The second-order valence-electron chi connectivity index (χ2n) is 5.48. The quantitative estimate of drug-likeness (QED) is 0.709. The molecule has 0 aliphatic rings. The number of aromatic nitrogens is 3. The van der Waals surface area contributed by atoms with Gasteiger partial charge in [0.05, 0.1) is 0 Å². The van der Waals surface area contributed by atoms with Crippen molar-refractivity contribution in [3.8, 4) is 11.4 Å². The van der Waals surface area contributed by atoms with E-state index >= 15 is 0 Å². The van der Waals surface area contributed by atoms with Gasteiger partial charge in [0.25, 0.3) is 0 Å². The number of fused-ring (bicyclic) bond motifs is 1. The Morgan fingerprint density at radius 3 is 2.58 bits per heavy atom. The van der Waals surface area contributed by atoms with Crippen LogP contribution in [0.3, 0.4) is 0 Å². The number of benzene rings is 1. The van der Waals surface area contributed by atoms with Crippen molar-refractivity contribution in [3.05, 3.63) is 47.6 Å². The van der Waals surface area contributed by atoms with Gasteiger partial charge in [0, 0.05) is 43.8 Å². The third-order valence-electron chi connectivity index (χ3n) is 3.65. The molecule has 7 heteroatoms. The summed E-state index contributed by atoms with van der Waals surface area (Å²) in [6, 6.07) is 11.3. The van der Waals surface area contributed by atoms with E-state index in [9.17, 15) is 4.79 Å². The summed E-state index contributed by atoms with van der Waals surface area (Å²) in [7, 11) is 3.51. The average molecular weight is 365 g/mol. The van der Waals surface area contributed by atoms with E-state index in [0.717, 1.165) is 22.6 Å². The van der Waals surface area contributed by atoms with Gasteiger partial charge in [-0.1, -0.05) is 11.6 Å². The molecule has 0 N–H and O–H groups in total. The highest BCUT2D eigenvalue weighted by Crippen LogP contribution is 2.25. The number of rotatable bonds is 4. The van der Waals surface area contributed by atoms with Crippen LogP contribution in [0.25, 0.3) is 22.6 Å². The van der Waals surface area contributed by atoms with Crippen molar-refractivity contribution < 1.29 is 4.79 Å². The lowest BCUT2D eigenvalue weighted by Gasteiger charge is -2.12. The van der Waals surface area contributed by atoms with E-state index in [-0.39, 0.29) is 18.3 Å². The first-order chi connectivity index (χ1) is 11.1. The number of amides is 1. The van der Waals surface area contributed by atoms with E-state index in [2.05, 4.69) is 9.97 Å². The van der Waals surface area contributed by atoms with Gasteiger partial charge in [-0.05, 0) is 36.4 Å². The molecule has 1 aromatic carbocycles. The maximum atomic E-state index is 11.9. The molecular formula is C17H18Cl2N4O. The van der Waals surface area contributed by atoms with Gasteiger partial charge in [0.15, 0.2) is 5.65 Å². The van der Waals surface area contributed by atoms with Crippen molar-refractivity contribution in [2.75, 3.05) is 14.1 Å². The molecular weight excluding hydrogens is 347 g/mol. The smallest absolute Gasteiger partial charge is 0.223 e. The molecule has 2 aromatic heterocycles. The maximum absolute atomic E-state index is 11.9. The van der Waals surface area contributed by atoms with Crippen LogP contribution in [0.15, 0.2) is 42.6 Å². The molecule has 0 aliphatic carbocycles. The normalized spacial score (nSPS) is 10.5. The number of imidazole rings is 1. The topological polar surface area (TPSA) is 51.0 Å². The van der Waals surface area contributed by atoms with Gasteiger partial charge in [-0.3, -0.25) is 4.79 Å². The third kappa shape index (κ3) is 3.68. The Labute approximate surface area is 151 Å². The van der Waals surface area contributed by atoms with Gasteiger partial charge in [-0.15, -0.1) is 12.4 Å². The molecule has 1 amide bonds. The fourth-order valence-corrected chi connectivity index (χ4v) is 2.55. The molecule has 0 saturated heterocycles. The van der Waals surface area contributed by atoms with E-state index in [1.165, 1.54) is 0 Å². The summed E-state index contributed by atoms with van der Waals surface area (Å²) in [6.07, 6.45) is 2.13. The van der Waals surface area contributed by atoms with Gasteiger partial charge in [-0.2, -0.15) is 0 Å². The van der Waals surface area contributed by atoms with E-state index in [0.29, 0.717) is 18.0 Å².